The van der Waals surface area contributed by atoms with Gasteiger partial charge in [0.1, 0.15) is 17.6 Å². The van der Waals surface area contributed by atoms with Gasteiger partial charge < -0.3 is 29.6 Å². The van der Waals surface area contributed by atoms with E-state index in [1.54, 1.807) is 11.0 Å². The Morgan fingerprint density at radius 3 is 2.27 bits per heavy atom. The molecular weight excluding hydrogens is 510 g/mol. The first-order valence-electron chi connectivity index (χ1n) is 14.7. The van der Waals surface area contributed by atoms with Crippen LogP contribution in [0.5, 0.6) is 0 Å². The monoisotopic (exact) mass is 555 g/mol. The minimum absolute atomic E-state index is 0.144. The summed E-state index contributed by atoms with van der Waals surface area (Å²) in [6, 6.07) is 6.05. The third-order valence-electron chi connectivity index (χ3n) is 9.33. The molecule has 1 aromatic rings. The van der Waals surface area contributed by atoms with Gasteiger partial charge >= 0.3 is 5.97 Å². The summed E-state index contributed by atoms with van der Waals surface area (Å²) < 4.78 is 6.67. The quantitative estimate of drug-likeness (QED) is 0.357. The summed E-state index contributed by atoms with van der Waals surface area (Å²) in [6.07, 6.45) is 3.44. The van der Waals surface area contributed by atoms with E-state index in [0.717, 1.165) is 18.8 Å². The molecule has 3 fully saturated rings. The highest BCUT2D eigenvalue weighted by atomic mass is 16.5. The maximum absolute atomic E-state index is 14.7. The third-order valence-corrected chi connectivity index (χ3v) is 9.33. The average molecular weight is 556 g/mol. The maximum atomic E-state index is 14.7. The topological polar surface area (TPSA) is 111 Å². The molecule has 220 valence electrons. The molecule has 2 amide bonds. The van der Waals surface area contributed by atoms with Gasteiger partial charge in [-0.15, -0.1) is 6.58 Å². The van der Waals surface area contributed by atoms with Crippen LogP contribution in [0.1, 0.15) is 60.3 Å². The highest BCUT2D eigenvalue weighted by Crippen LogP contribution is 2.64. The highest BCUT2D eigenvalue weighted by Gasteiger charge is 2.79. The van der Waals surface area contributed by atoms with Crippen molar-refractivity contribution < 1.29 is 29.3 Å². The minimum atomic E-state index is -1.27. The lowest BCUT2D eigenvalue weighted by Crippen LogP contribution is -2.59. The lowest BCUT2D eigenvalue weighted by Gasteiger charge is -2.40. The van der Waals surface area contributed by atoms with E-state index in [2.05, 4.69) is 25.3 Å². The normalized spacial score (nSPS) is 29.5. The SMILES string of the molecule is C=CCN(C(=O)C1N([C@@H](CO)CC(C)C)C(=O)[C@@H]2[C@@H](C(=O)O)[C@@]3(CC)CCC12O3)c1ccc(N(CC)CC)cc1. The van der Waals surface area contributed by atoms with Crippen LogP contribution in [0.4, 0.5) is 11.4 Å². The number of carbonyl (C=O) groups excluding carboxylic acids is 2. The molecule has 3 aliphatic rings. The van der Waals surface area contributed by atoms with Crippen LogP contribution >= 0.6 is 0 Å². The van der Waals surface area contributed by atoms with Crippen LogP contribution in [0.15, 0.2) is 36.9 Å². The second-order valence-electron chi connectivity index (χ2n) is 11.8. The van der Waals surface area contributed by atoms with E-state index < -0.39 is 47.0 Å². The number of fused-ring (bicyclic) bond motifs is 1. The second-order valence-corrected chi connectivity index (χ2v) is 11.8. The Labute approximate surface area is 237 Å². The fourth-order valence-electron chi connectivity index (χ4n) is 7.56. The van der Waals surface area contributed by atoms with E-state index in [4.69, 9.17) is 4.74 Å². The number of aliphatic carboxylic acids is 1. The lowest BCUT2D eigenvalue weighted by molar-refractivity contribution is -0.157. The van der Waals surface area contributed by atoms with Gasteiger partial charge in [-0.1, -0.05) is 26.8 Å². The summed E-state index contributed by atoms with van der Waals surface area (Å²) in [6.45, 7) is 15.5. The number of likely N-dealkylation sites (tertiary alicyclic amines) is 1. The molecule has 6 atom stereocenters. The number of amides is 2. The van der Waals surface area contributed by atoms with Crippen molar-refractivity contribution >= 4 is 29.2 Å². The number of ether oxygens (including phenoxy) is 1. The zero-order valence-corrected chi connectivity index (χ0v) is 24.5. The van der Waals surface area contributed by atoms with Crippen LogP contribution in [-0.2, 0) is 19.1 Å². The van der Waals surface area contributed by atoms with Gasteiger partial charge in [0.25, 0.3) is 5.91 Å². The van der Waals surface area contributed by atoms with E-state index in [0.29, 0.717) is 31.4 Å². The molecule has 0 aliphatic carbocycles. The molecule has 0 saturated carbocycles. The zero-order valence-electron chi connectivity index (χ0n) is 24.5. The number of hydrogen-bond acceptors (Lipinski definition) is 6. The summed E-state index contributed by atoms with van der Waals surface area (Å²) in [4.78, 5) is 46.8. The molecule has 40 heavy (non-hydrogen) atoms. The summed E-state index contributed by atoms with van der Waals surface area (Å²) in [7, 11) is 0. The van der Waals surface area contributed by atoms with Crippen LogP contribution in [0.25, 0.3) is 0 Å². The number of carbonyl (C=O) groups is 3. The standard InChI is InChI=1S/C31H45N3O6/c1-7-17-33(22-13-11-21(12-14-22)32(9-3)10-4)28(37)26-31-16-15-30(8-2,40-31)25(29(38)39)24(31)27(36)34(26)23(19-35)18-20(5)6/h7,11-14,20,23-26,35H,1,8-10,15-19H2,2-6H3,(H,38,39)/t23-,24+,25+,26?,30-,31?/m1/s1. The van der Waals surface area contributed by atoms with Crippen molar-refractivity contribution in [1.82, 2.24) is 4.90 Å². The van der Waals surface area contributed by atoms with Gasteiger partial charge in [-0.05, 0) is 69.7 Å². The Morgan fingerprint density at radius 1 is 1.15 bits per heavy atom. The number of aliphatic hydroxyl groups excluding tert-OH is 1. The van der Waals surface area contributed by atoms with Crippen molar-refractivity contribution in [2.75, 3.05) is 36.0 Å². The first-order chi connectivity index (χ1) is 19.0. The molecule has 2 unspecified atom stereocenters. The molecule has 3 aliphatic heterocycles. The highest BCUT2D eigenvalue weighted by molar-refractivity contribution is 6.05. The number of anilines is 2. The molecule has 1 spiro atoms. The fourth-order valence-corrected chi connectivity index (χ4v) is 7.56. The smallest absolute Gasteiger partial charge is 0.310 e. The molecule has 0 radical (unpaired) electrons. The van der Waals surface area contributed by atoms with Gasteiger partial charge in [0, 0.05) is 31.0 Å². The number of benzene rings is 1. The third kappa shape index (κ3) is 4.61. The molecule has 2 bridgehead atoms. The Balaban J connectivity index is 1.82. The molecule has 1 aromatic carbocycles. The van der Waals surface area contributed by atoms with E-state index >= 15 is 0 Å². The van der Waals surface area contributed by atoms with Gasteiger partial charge in [-0.2, -0.15) is 0 Å². The van der Waals surface area contributed by atoms with Gasteiger partial charge in [0.2, 0.25) is 5.91 Å². The molecule has 4 rings (SSSR count). The molecule has 3 saturated heterocycles. The number of carboxylic acids is 1. The Bertz CT molecular complexity index is 1120. The van der Waals surface area contributed by atoms with Gasteiger partial charge in [0.15, 0.2) is 0 Å². The van der Waals surface area contributed by atoms with Crippen LogP contribution in [0, 0.1) is 17.8 Å². The Hall–Kier alpha value is -2.91. The number of aliphatic hydroxyl groups is 1. The average Bonchev–Trinajstić information content (AvgIpc) is 3.54. The van der Waals surface area contributed by atoms with Crippen LogP contribution < -0.4 is 9.80 Å². The number of rotatable bonds is 13. The predicted molar refractivity (Wildman–Crippen MR) is 154 cm³/mol. The second kappa shape index (κ2) is 11.5. The van der Waals surface area contributed by atoms with E-state index in [9.17, 15) is 24.6 Å². The largest absolute Gasteiger partial charge is 0.481 e. The van der Waals surface area contributed by atoms with Crippen molar-refractivity contribution in [1.29, 1.82) is 0 Å². The lowest BCUT2D eigenvalue weighted by atomic mass is 9.65. The number of carboxylic acid groups (broad SMARTS) is 1. The zero-order chi connectivity index (χ0) is 29.4. The van der Waals surface area contributed by atoms with Crippen LogP contribution in [0.2, 0.25) is 0 Å². The molecular formula is C31H45N3O6. The summed E-state index contributed by atoms with van der Waals surface area (Å²) >= 11 is 0. The summed E-state index contributed by atoms with van der Waals surface area (Å²) in [5.74, 6) is -3.70. The number of nitrogens with zero attached hydrogens (tertiary/aromatic N) is 3. The van der Waals surface area contributed by atoms with Gasteiger partial charge in [0.05, 0.1) is 24.2 Å². The molecule has 0 aromatic heterocycles. The molecule has 9 heteroatoms. The fraction of sp³-hybridized carbons (Fsp3) is 0.645. The van der Waals surface area contributed by atoms with E-state index in [1.807, 2.05) is 45.0 Å². The van der Waals surface area contributed by atoms with Crippen molar-refractivity contribution in [2.45, 2.75) is 83.6 Å². The molecule has 9 nitrogen and oxygen atoms in total. The maximum Gasteiger partial charge on any atom is 0.310 e. The van der Waals surface area contributed by atoms with Crippen molar-refractivity contribution in [3.63, 3.8) is 0 Å². The van der Waals surface area contributed by atoms with Gasteiger partial charge in [-0.25, -0.2) is 0 Å². The molecule has 3 heterocycles. The summed E-state index contributed by atoms with van der Waals surface area (Å²) in [5, 5.41) is 20.8. The van der Waals surface area contributed by atoms with Crippen LogP contribution in [0.3, 0.4) is 0 Å². The van der Waals surface area contributed by atoms with Crippen molar-refractivity contribution in [3.8, 4) is 0 Å². The Morgan fingerprint density at radius 2 is 1.77 bits per heavy atom. The minimum Gasteiger partial charge on any atom is -0.481 e. The first kappa shape index (κ1) is 30.1. The summed E-state index contributed by atoms with van der Waals surface area (Å²) in [5.41, 5.74) is -0.554. The van der Waals surface area contributed by atoms with E-state index in [1.165, 1.54) is 4.90 Å². The van der Waals surface area contributed by atoms with Crippen molar-refractivity contribution in [2.24, 2.45) is 17.8 Å². The van der Waals surface area contributed by atoms with Gasteiger partial charge in [-0.3, -0.25) is 14.4 Å². The van der Waals surface area contributed by atoms with E-state index in [-0.39, 0.29) is 25.0 Å². The Kier molecular flexibility index (Phi) is 8.66. The predicted octanol–water partition coefficient (Wildman–Crippen LogP) is 3.70. The molecule has 2 N–H and O–H groups in total. The van der Waals surface area contributed by atoms with Crippen molar-refractivity contribution in [3.05, 3.63) is 36.9 Å². The number of hydrogen-bond donors (Lipinski definition) is 2. The van der Waals surface area contributed by atoms with Crippen LogP contribution in [-0.4, -0.2) is 82.4 Å². The first-order valence-corrected chi connectivity index (χ1v) is 14.7.